The molecule has 0 bridgehead atoms. The molecule has 3 aromatic rings. The van der Waals surface area contributed by atoms with Gasteiger partial charge in [-0.15, -0.1) is 0 Å². The zero-order valence-corrected chi connectivity index (χ0v) is 24.9. The monoisotopic (exact) mass is 584 g/mol. The largest absolute Gasteiger partial charge is 0.379 e. The van der Waals surface area contributed by atoms with E-state index in [0.717, 1.165) is 80.8 Å². The number of rotatable bonds is 8. The minimum Gasteiger partial charge on any atom is -0.379 e. The normalized spacial score (nSPS) is 22.3. The number of ether oxygens (including phenoxy) is 2. The second kappa shape index (κ2) is 12.4. The molecule has 2 atom stereocenters. The Morgan fingerprint density at radius 1 is 0.907 bits per heavy atom. The smallest absolute Gasteiger partial charge is 0.228 e. The number of hydrazone groups is 1. The number of benzene rings is 2. The molecule has 2 saturated heterocycles. The molecule has 12 heteroatoms. The summed E-state index contributed by atoms with van der Waals surface area (Å²) < 4.78 is 11.1. The number of nitrogens with zero attached hydrogens (tertiary/aromatic N) is 7. The van der Waals surface area contributed by atoms with Crippen LogP contribution in [0.1, 0.15) is 24.9 Å². The Labute approximate surface area is 252 Å². The van der Waals surface area contributed by atoms with Crippen LogP contribution in [0, 0.1) is 0 Å². The molecule has 12 nitrogen and oxygen atoms in total. The van der Waals surface area contributed by atoms with E-state index in [-0.39, 0.29) is 12.1 Å². The molecule has 0 amide bonds. The Balaban J connectivity index is 1.13. The maximum absolute atomic E-state index is 5.60. The van der Waals surface area contributed by atoms with Gasteiger partial charge in [0.1, 0.15) is 5.82 Å². The van der Waals surface area contributed by atoms with Gasteiger partial charge >= 0.3 is 0 Å². The number of anilines is 5. The van der Waals surface area contributed by atoms with Crippen molar-refractivity contribution in [3.63, 3.8) is 0 Å². The van der Waals surface area contributed by atoms with Gasteiger partial charge in [-0.25, -0.2) is 15.8 Å². The van der Waals surface area contributed by atoms with Gasteiger partial charge in [-0.05, 0) is 49.2 Å². The van der Waals surface area contributed by atoms with E-state index in [1.54, 1.807) is 5.12 Å². The third-order valence-electron chi connectivity index (χ3n) is 8.37. The second-order valence-electron chi connectivity index (χ2n) is 11.5. The van der Waals surface area contributed by atoms with Crippen molar-refractivity contribution in [2.75, 3.05) is 86.5 Å². The van der Waals surface area contributed by atoms with Crippen LogP contribution < -0.4 is 31.2 Å². The minimum absolute atomic E-state index is 0.214. The molecule has 4 aliphatic heterocycles. The van der Waals surface area contributed by atoms with Crippen LogP contribution in [0.4, 0.5) is 28.8 Å². The highest BCUT2D eigenvalue weighted by Crippen LogP contribution is 2.37. The van der Waals surface area contributed by atoms with Crippen molar-refractivity contribution in [2.45, 2.75) is 25.4 Å². The van der Waals surface area contributed by atoms with Crippen molar-refractivity contribution in [3.05, 3.63) is 54.1 Å². The summed E-state index contributed by atoms with van der Waals surface area (Å²) in [6.45, 7) is 9.68. The van der Waals surface area contributed by atoms with Crippen molar-refractivity contribution < 1.29 is 9.47 Å². The van der Waals surface area contributed by atoms with Gasteiger partial charge in [0.15, 0.2) is 0 Å². The fourth-order valence-corrected chi connectivity index (χ4v) is 5.97. The highest BCUT2D eigenvalue weighted by Gasteiger charge is 2.27. The maximum Gasteiger partial charge on any atom is 0.228 e. The van der Waals surface area contributed by atoms with E-state index in [2.05, 4.69) is 68.2 Å². The Morgan fingerprint density at radius 2 is 1.67 bits per heavy atom. The Morgan fingerprint density at radius 3 is 2.42 bits per heavy atom. The van der Waals surface area contributed by atoms with Crippen LogP contribution in [0.2, 0.25) is 0 Å². The number of hydrogen-bond donors (Lipinski definition) is 3. The molecule has 0 spiro atoms. The molecule has 5 heterocycles. The second-order valence-corrected chi connectivity index (χ2v) is 11.5. The molecule has 0 saturated carbocycles. The summed E-state index contributed by atoms with van der Waals surface area (Å²) in [6.07, 6.45) is 2.94. The summed E-state index contributed by atoms with van der Waals surface area (Å²) in [5.41, 5.74) is 13.3. The third kappa shape index (κ3) is 6.29. The molecule has 4 aliphatic rings. The average molecular weight is 585 g/mol. The highest BCUT2D eigenvalue weighted by molar-refractivity contribution is 5.74. The highest BCUT2D eigenvalue weighted by atomic mass is 16.5. The standard InChI is InChI=1S/C31H40N10O2/c1-22-21-32-41(36-22)25-6-4-24(5-7-25)33-30-20-28(34-31(35-30)40-13-17-43-18-14-40)23-3-8-26-27(37-38(2)29(26)19-23)9-10-39-11-15-42-16-12-39/h3-8,19-22,27,36-37H,9-18H2,1-2H3,(H,33,34,35). The topological polar surface area (TPSA) is 106 Å². The van der Waals surface area contributed by atoms with E-state index < -0.39 is 0 Å². The van der Waals surface area contributed by atoms with Crippen LogP contribution >= 0.6 is 0 Å². The molecule has 2 fully saturated rings. The van der Waals surface area contributed by atoms with Gasteiger partial charge in [0.25, 0.3) is 0 Å². The number of nitrogens with one attached hydrogen (secondary N) is 3. The summed E-state index contributed by atoms with van der Waals surface area (Å²) in [6, 6.07) is 17.4. The lowest BCUT2D eigenvalue weighted by atomic mass is 10.0. The van der Waals surface area contributed by atoms with Gasteiger partial charge in [0.05, 0.1) is 55.6 Å². The van der Waals surface area contributed by atoms with E-state index >= 15 is 0 Å². The molecule has 43 heavy (non-hydrogen) atoms. The number of morpholine rings is 2. The molecule has 226 valence electrons. The van der Waals surface area contributed by atoms with E-state index in [1.807, 2.05) is 36.5 Å². The summed E-state index contributed by atoms with van der Waals surface area (Å²) in [4.78, 5) is 14.7. The van der Waals surface area contributed by atoms with Crippen LogP contribution in [0.25, 0.3) is 11.3 Å². The fourth-order valence-electron chi connectivity index (χ4n) is 5.97. The molecule has 3 N–H and O–H groups in total. The third-order valence-corrected chi connectivity index (χ3v) is 8.37. The lowest BCUT2D eigenvalue weighted by molar-refractivity contribution is 0.0362. The van der Waals surface area contributed by atoms with Gasteiger partial charge in [-0.2, -0.15) is 15.2 Å². The maximum atomic E-state index is 5.60. The lowest BCUT2D eigenvalue weighted by Gasteiger charge is -2.27. The summed E-state index contributed by atoms with van der Waals surface area (Å²) >= 11 is 0. The summed E-state index contributed by atoms with van der Waals surface area (Å²) in [5.74, 6) is 1.46. The van der Waals surface area contributed by atoms with E-state index in [1.165, 1.54) is 11.3 Å². The zero-order valence-electron chi connectivity index (χ0n) is 24.9. The van der Waals surface area contributed by atoms with Crippen molar-refractivity contribution in [3.8, 4) is 11.3 Å². The van der Waals surface area contributed by atoms with E-state index in [9.17, 15) is 0 Å². The fraction of sp³-hybridized carbons (Fsp3) is 0.452. The van der Waals surface area contributed by atoms with Gasteiger partial charge in [-0.3, -0.25) is 4.90 Å². The summed E-state index contributed by atoms with van der Waals surface area (Å²) in [7, 11) is 2.09. The molecular weight excluding hydrogens is 544 g/mol. The number of fused-ring (bicyclic) bond motifs is 1. The van der Waals surface area contributed by atoms with Crippen LogP contribution in [0.3, 0.4) is 0 Å². The van der Waals surface area contributed by atoms with Crippen LogP contribution in [0.5, 0.6) is 0 Å². The van der Waals surface area contributed by atoms with Crippen molar-refractivity contribution in [1.29, 1.82) is 0 Å². The van der Waals surface area contributed by atoms with Crippen molar-refractivity contribution in [2.24, 2.45) is 5.10 Å². The minimum atomic E-state index is 0.214. The molecule has 0 radical (unpaired) electrons. The SMILES string of the molecule is CC1C=NN(c2ccc(Nc3cc(-c4ccc5c(c4)N(C)NC5CCN4CCOCC4)nc(N4CCOCC4)n3)cc2)N1. The van der Waals surface area contributed by atoms with Gasteiger partial charge in [0.2, 0.25) is 5.95 Å². The molecule has 2 aromatic carbocycles. The van der Waals surface area contributed by atoms with Crippen LogP contribution in [0.15, 0.2) is 53.6 Å². The Bertz CT molecular complexity index is 1440. The first kappa shape index (κ1) is 28.0. The first-order valence-corrected chi connectivity index (χ1v) is 15.2. The predicted octanol–water partition coefficient (Wildman–Crippen LogP) is 3.14. The molecule has 7 rings (SSSR count). The summed E-state index contributed by atoms with van der Waals surface area (Å²) in [5, 5.41) is 11.9. The zero-order chi connectivity index (χ0) is 29.2. The van der Waals surface area contributed by atoms with Crippen molar-refractivity contribution in [1.82, 2.24) is 25.7 Å². The van der Waals surface area contributed by atoms with Crippen LogP contribution in [-0.4, -0.2) is 93.3 Å². The van der Waals surface area contributed by atoms with E-state index in [4.69, 9.17) is 19.4 Å². The average Bonchev–Trinajstić information content (AvgIpc) is 3.63. The number of hydrazine groups is 2. The Kier molecular flexibility index (Phi) is 8.09. The van der Waals surface area contributed by atoms with Gasteiger partial charge in [-0.1, -0.05) is 12.1 Å². The van der Waals surface area contributed by atoms with Crippen molar-refractivity contribution >= 4 is 35.0 Å². The first-order valence-electron chi connectivity index (χ1n) is 15.2. The molecular formula is C31H40N10O2. The molecule has 1 aromatic heterocycles. The number of aromatic nitrogens is 2. The lowest BCUT2D eigenvalue weighted by Crippen LogP contribution is -2.38. The Hall–Kier alpha value is -3.81. The quantitative estimate of drug-likeness (QED) is 0.364. The van der Waals surface area contributed by atoms with E-state index in [0.29, 0.717) is 19.2 Å². The molecule has 2 unspecified atom stereocenters. The first-order chi connectivity index (χ1) is 21.1. The van der Waals surface area contributed by atoms with Crippen LogP contribution in [-0.2, 0) is 9.47 Å². The van der Waals surface area contributed by atoms with Gasteiger partial charge in [0, 0.05) is 63.3 Å². The predicted molar refractivity (Wildman–Crippen MR) is 170 cm³/mol. The van der Waals surface area contributed by atoms with Gasteiger partial charge < -0.3 is 24.7 Å². The molecule has 0 aliphatic carbocycles. The number of hydrogen-bond acceptors (Lipinski definition) is 12.